The van der Waals surface area contributed by atoms with Crippen molar-refractivity contribution < 1.29 is 13.5 Å². The summed E-state index contributed by atoms with van der Waals surface area (Å²) in [5.74, 6) is 0. The number of aliphatic hydroxyl groups is 1. The van der Waals surface area contributed by atoms with E-state index in [4.69, 9.17) is 0 Å². The summed E-state index contributed by atoms with van der Waals surface area (Å²) in [7, 11) is -3.27. The van der Waals surface area contributed by atoms with E-state index in [1.54, 1.807) is 0 Å². The SMILES string of the molecule is CC(C)(C)c1ccc(C(O)CNS(C)(=O)=O)cc1. The van der Waals surface area contributed by atoms with Crippen molar-refractivity contribution in [1.29, 1.82) is 0 Å². The summed E-state index contributed by atoms with van der Waals surface area (Å²) in [4.78, 5) is 0. The largest absolute Gasteiger partial charge is 0.387 e. The quantitative estimate of drug-likeness (QED) is 0.873. The van der Waals surface area contributed by atoms with Crippen molar-refractivity contribution in [2.24, 2.45) is 0 Å². The molecule has 0 heterocycles. The van der Waals surface area contributed by atoms with Crippen molar-refractivity contribution in [3.8, 4) is 0 Å². The molecule has 4 nitrogen and oxygen atoms in total. The van der Waals surface area contributed by atoms with Crippen molar-refractivity contribution in [3.05, 3.63) is 35.4 Å². The molecule has 1 unspecified atom stereocenters. The first kappa shape index (κ1) is 15.1. The summed E-state index contributed by atoms with van der Waals surface area (Å²) in [6, 6.07) is 7.57. The minimum Gasteiger partial charge on any atom is -0.387 e. The molecule has 102 valence electrons. The van der Waals surface area contributed by atoms with Crippen LogP contribution in [0.25, 0.3) is 0 Å². The molecular formula is C13H21NO3S. The highest BCUT2D eigenvalue weighted by Crippen LogP contribution is 2.23. The summed E-state index contributed by atoms with van der Waals surface area (Å²) in [5.41, 5.74) is 1.95. The molecule has 0 bridgehead atoms. The van der Waals surface area contributed by atoms with Crippen LogP contribution >= 0.6 is 0 Å². The molecule has 0 saturated heterocycles. The van der Waals surface area contributed by atoms with Gasteiger partial charge < -0.3 is 5.11 Å². The van der Waals surface area contributed by atoms with Crippen LogP contribution in [0.2, 0.25) is 0 Å². The van der Waals surface area contributed by atoms with Gasteiger partial charge in [0.15, 0.2) is 0 Å². The number of aliphatic hydroxyl groups excluding tert-OH is 1. The zero-order valence-corrected chi connectivity index (χ0v) is 12.1. The zero-order chi connectivity index (χ0) is 14.0. The fraction of sp³-hybridized carbons (Fsp3) is 0.538. The second kappa shape index (κ2) is 5.38. The average molecular weight is 271 g/mol. The van der Waals surface area contributed by atoms with Gasteiger partial charge in [-0.3, -0.25) is 0 Å². The Bertz CT molecular complexity index is 486. The van der Waals surface area contributed by atoms with Gasteiger partial charge in [-0.1, -0.05) is 45.0 Å². The third kappa shape index (κ3) is 4.76. The summed E-state index contributed by atoms with van der Waals surface area (Å²) in [6.07, 6.45) is 0.247. The van der Waals surface area contributed by atoms with E-state index in [1.807, 2.05) is 24.3 Å². The number of rotatable bonds is 4. The average Bonchev–Trinajstić information content (AvgIpc) is 2.24. The van der Waals surface area contributed by atoms with E-state index in [0.29, 0.717) is 5.56 Å². The van der Waals surface area contributed by atoms with E-state index in [2.05, 4.69) is 25.5 Å². The predicted octanol–water partition coefficient (Wildman–Crippen LogP) is 1.57. The third-order valence-corrected chi connectivity index (χ3v) is 3.39. The second-order valence-electron chi connectivity index (χ2n) is 5.51. The summed E-state index contributed by atoms with van der Waals surface area (Å²) >= 11 is 0. The van der Waals surface area contributed by atoms with Gasteiger partial charge in [-0.15, -0.1) is 0 Å². The zero-order valence-electron chi connectivity index (χ0n) is 11.3. The Hall–Kier alpha value is -0.910. The van der Waals surface area contributed by atoms with E-state index >= 15 is 0 Å². The highest BCUT2D eigenvalue weighted by Gasteiger charge is 2.15. The van der Waals surface area contributed by atoms with Gasteiger partial charge in [-0.05, 0) is 16.5 Å². The molecule has 1 atom stereocenters. The van der Waals surface area contributed by atoms with E-state index in [0.717, 1.165) is 6.26 Å². The Morgan fingerprint density at radius 2 is 1.72 bits per heavy atom. The molecule has 0 aromatic heterocycles. The van der Waals surface area contributed by atoms with Gasteiger partial charge in [-0.25, -0.2) is 13.1 Å². The third-order valence-electron chi connectivity index (χ3n) is 2.70. The lowest BCUT2D eigenvalue weighted by molar-refractivity contribution is 0.182. The summed E-state index contributed by atoms with van der Waals surface area (Å²) < 4.78 is 24.1. The van der Waals surface area contributed by atoms with Gasteiger partial charge >= 0.3 is 0 Å². The monoisotopic (exact) mass is 271 g/mol. The topological polar surface area (TPSA) is 66.4 Å². The van der Waals surface area contributed by atoms with E-state index in [9.17, 15) is 13.5 Å². The minimum atomic E-state index is -3.27. The Morgan fingerprint density at radius 1 is 1.22 bits per heavy atom. The van der Waals surface area contributed by atoms with Gasteiger partial charge in [0, 0.05) is 6.54 Å². The Balaban J connectivity index is 2.74. The molecule has 5 heteroatoms. The molecule has 1 aromatic rings. The van der Waals surface area contributed by atoms with Gasteiger partial charge in [0.1, 0.15) is 0 Å². The van der Waals surface area contributed by atoms with Crippen molar-refractivity contribution >= 4 is 10.0 Å². The molecule has 2 N–H and O–H groups in total. The summed E-state index contributed by atoms with van der Waals surface area (Å²) in [6.45, 7) is 6.34. The van der Waals surface area contributed by atoms with Crippen LogP contribution in [0.1, 0.15) is 38.0 Å². The fourth-order valence-corrected chi connectivity index (χ4v) is 2.01. The predicted molar refractivity (Wildman–Crippen MR) is 72.9 cm³/mol. The van der Waals surface area contributed by atoms with E-state index in [-0.39, 0.29) is 12.0 Å². The van der Waals surface area contributed by atoms with Gasteiger partial charge in [0.25, 0.3) is 0 Å². The van der Waals surface area contributed by atoms with Crippen LogP contribution in [-0.2, 0) is 15.4 Å². The smallest absolute Gasteiger partial charge is 0.208 e. The highest BCUT2D eigenvalue weighted by atomic mass is 32.2. The molecule has 0 radical (unpaired) electrons. The molecule has 0 aliphatic carbocycles. The molecular weight excluding hydrogens is 250 g/mol. The minimum absolute atomic E-state index is 0.00625. The molecule has 18 heavy (non-hydrogen) atoms. The highest BCUT2D eigenvalue weighted by molar-refractivity contribution is 7.88. The molecule has 1 aromatic carbocycles. The molecule has 0 amide bonds. The second-order valence-corrected chi connectivity index (χ2v) is 7.34. The standard InChI is InChI=1S/C13H21NO3S/c1-13(2,3)11-7-5-10(6-8-11)12(15)9-14-18(4,16)17/h5-8,12,14-15H,9H2,1-4H3. The Kier molecular flexibility index (Phi) is 4.53. The van der Waals surface area contributed by atoms with E-state index in [1.165, 1.54) is 5.56 Å². The number of benzene rings is 1. The first-order valence-electron chi connectivity index (χ1n) is 5.83. The lowest BCUT2D eigenvalue weighted by Crippen LogP contribution is -2.27. The van der Waals surface area contributed by atoms with Crippen LogP contribution in [0.4, 0.5) is 0 Å². The van der Waals surface area contributed by atoms with Crippen molar-refractivity contribution in [2.45, 2.75) is 32.3 Å². The van der Waals surface area contributed by atoms with E-state index < -0.39 is 16.1 Å². The van der Waals surface area contributed by atoms with Crippen molar-refractivity contribution in [2.75, 3.05) is 12.8 Å². The van der Waals surface area contributed by atoms with Crippen LogP contribution in [0.3, 0.4) is 0 Å². The van der Waals surface area contributed by atoms with Crippen LogP contribution < -0.4 is 4.72 Å². The maximum atomic E-state index is 10.9. The Morgan fingerprint density at radius 3 is 2.11 bits per heavy atom. The number of hydrogen-bond acceptors (Lipinski definition) is 3. The maximum absolute atomic E-state index is 10.9. The molecule has 0 aliphatic heterocycles. The van der Waals surface area contributed by atoms with Gasteiger partial charge in [0.05, 0.1) is 12.4 Å². The van der Waals surface area contributed by atoms with Crippen molar-refractivity contribution in [3.63, 3.8) is 0 Å². The normalized spacial score (nSPS) is 14.5. The molecule has 0 saturated carbocycles. The first-order valence-corrected chi connectivity index (χ1v) is 7.72. The fourth-order valence-electron chi connectivity index (χ4n) is 1.55. The van der Waals surface area contributed by atoms with Crippen LogP contribution in [0.5, 0.6) is 0 Å². The molecule has 0 aliphatic rings. The van der Waals surface area contributed by atoms with Gasteiger partial charge in [-0.2, -0.15) is 0 Å². The molecule has 0 fully saturated rings. The van der Waals surface area contributed by atoms with Gasteiger partial charge in [0.2, 0.25) is 10.0 Å². The van der Waals surface area contributed by atoms with Crippen LogP contribution in [-0.4, -0.2) is 26.3 Å². The Labute approximate surface area is 109 Å². The number of nitrogens with one attached hydrogen (secondary N) is 1. The maximum Gasteiger partial charge on any atom is 0.208 e. The molecule has 1 rings (SSSR count). The summed E-state index contributed by atoms with van der Waals surface area (Å²) in [5, 5.41) is 9.85. The molecule has 0 spiro atoms. The van der Waals surface area contributed by atoms with Crippen molar-refractivity contribution in [1.82, 2.24) is 4.72 Å². The number of sulfonamides is 1. The number of hydrogen-bond donors (Lipinski definition) is 2. The van der Waals surface area contributed by atoms with Crippen LogP contribution in [0.15, 0.2) is 24.3 Å². The lowest BCUT2D eigenvalue weighted by Gasteiger charge is -2.20. The lowest BCUT2D eigenvalue weighted by atomic mass is 9.86. The first-order chi connectivity index (χ1) is 8.09. The van der Waals surface area contributed by atoms with Crippen LogP contribution in [0, 0.1) is 0 Å².